The van der Waals surface area contributed by atoms with Crippen molar-refractivity contribution in [3.63, 3.8) is 0 Å². The molecule has 1 saturated heterocycles. The van der Waals surface area contributed by atoms with Gasteiger partial charge in [-0.15, -0.1) is 0 Å². The number of hydrogen-bond donors (Lipinski definition) is 1. The molecular formula is C15H22N4O. The Morgan fingerprint density at radius 3 is 2.80 bits per heavy atom. The number of anilines is 1. The summed E-state index contributed by atoms with van der Waals surface area (Å²) in [5.41, 5.74) is 1.88. The summed E-state index contributed by atoms with van der Waals surface area (Å²) in [4.78, 5) is 9.37. The summed E-state index contributed by atoms with van der Waals surface area (Å²) in [6.45, 7) is 7.36. The standard InChI is InChI=1S/C15H22N4O/c1-15(2)11-18(9-8-17(15)3)14-12(10-20)19-7-5-4-6-13(19)16-14/h4-7,20H,8-11H2,1-3H3. The molecule has 1 N–H and O–H groups in total. The molecule has 0 unspecified atom stereocenters. The maximum absolute atomic E-state index is 9.72. The van der Waals surface area contributed by atoms with E-state index in [-0.39, 0.29) is 12.1 Å². The average Bonchev–Trinajstić information content (AvgIpc) is 2.80. The number of piperazine rings is 1. The predicted octanol–water partition coefficient (Wildman–Crippen LogP) is 1.36. The zero-order chi connectivity index (χ0) is 14.3. The molecule has 1 aliphatic rings. The van der Waals surface area contributed by atoms with Crippen molar-refractivity contribution in [2.75, 3.05) is 31.6 Å². The average molecular weight is 274 g/mol. The Morgan fingerprint density at radius 2 is 2.10 bits per heavy atom. The number of imidazole rings is 1. The minimum absolute atomic E-state index is 0.00722. The summed E-state index contributed by atoms with van der Waals surface area (Å²) in [5.74, 6) is 0.917. The first kappa shape index (κ1) is 13.4. The molecule has 108 valence electrons. The highest BCUT2D eigenvalue weighted by Crippen LogP contribution is 2.27. The largest absolute Gasteiger partial charge is 0.390 e. The maximum Gasteiger partial charge on any atom is 0.153 e. The van der Waals surface area contributed by atoms with Gasteiger partial charge >= 0.3 is 0 Å². The molecule has 1 aliphatic heterocycles. The van der Waals surface area contributed by atoms with Crippen LogP contribution in [0.2, 0.25) is 0 Å². The number of hydrogen-bond acceptors (Lipinski definition) is 4. The quantitative estimate of drug-likeness (QED) is 0.898. The van der Waals surface area contributed by atoms with Crippen LogP contribution in [0.4, 0.5) is 5.82 Å². The van der Waals surface area contributed by atoms with E-state index in [1.807, 2.05) is 28.8 Å². The molecule has 1 fully saturated rings. The lowest BCUT2D eigenvalue weighted by Gasteiger charge is -2.45. The number of rotatable bonds is 2. The Labute approximate surface area is 119 Å². The van der Waals surface area contributed by atoms with E-state index >= 15 is 0 Å². The second kappa shape index (κ2) is 4.75. The Morgan fingerprint density at radius 1 is 1.30 bits per heavy atom. The fourth-order valence-electron chi connectivity index (χ4n) is 2.86. The van der Waals surface area contributed by atoms with Gasteiger partial charge in [-0.1, -0.05) is 6.07 Å². The Bertz CT molecular complexity index is 619. The summed E-state index contributed by atoms with van der Waals surface area (Å²) in [5, 5.41) is 9.72. The van der Waals surface area contributed by atoms with Gasteiger partial charge < -0.3 is 10.0 Å². The Balaban J connectivity index is 2.02. The summed E-state index contributed by atoms with van der Waals surface area (Å²) in [7, 11) is 2.16. The van der Waals surface area contributed by atoms with Crippen LogP contribution >= 0.6 is 0 Å². The molecule has 2 aromatic rings. The fourth-order valence-corrected chi connectivity index (χ4v) is 2.86. The number of likely N-dealkylation sites (N-methyl/N-ethyl adjacent to an activating group) is 1. The van der Waals surface area contributed by atoms with Crippen molar-refractivity contribution >= 4 is 11.5 Å². The molecule has 0 radical (unpaired) electrons. The van der Waals surface area contributed by atoms with E-state index in [0.717, 1.165) is 36.8 Å². The second-order valence-corrected chi connectivity index (χ2v) is 6.12. The number of aliphatic hydroxyl groups is 1. The predicted molar refractivity (Wildman–Crippen MR) is 80.0 cm³/mol. The lowest BCUT2D eigenvalue weighted by Crippen LogP contribution is -2.58. The van der Waals surface area contributed by atoms with Crippen LogP contribution in [0.25, 0.3) is 5.65 Å². The molecule has 5 nitrogen and oxygen atoms in total. The molecule has 0 saturated carbocycles. The molecule has 3 rings (SSSR count). The molecule has 0 amide bonds. The van der Waals surface area contributed by atoms with Crippen molar-refractivity contribution in [1.82, 2.24) is 14.3 Å². The number of aromatic nitrogens is 2. The smallest absolute Gasteiger partial charge is 0.153 e. The number of aliphatic hydroxyl groups excluding tert-OH is 1. The zero-order valence-electron chi connectivity index (χ0n) is 12.4. The maximum atomic E-state index is 9.72. The van der Waals surface area contributed by atoms with Crippen molar-refractivity contribution in [3.8, 4) is 0 Å². The monoisotopic (exact) mass is 274 g/mol. The van der Waals surface area contributed by atoms with Crippen molar-refractivity contribution in [2.24, 2.45) is 0 Å². The van der Waals surface area contributed by atoms with Gasteiger partial charge in [0.1, 0.15) is 5.65 Å². The highest BCUT2D eigenvalue weighted by Gasteiger charge is 2.33. The van der Waals surface area contributed by atoms with E-state index in [9.17, 15) is 5.11 Å². The summed E-state index contributed by atoms with van der Waals surface area (Å²) >= 11 is 0. The molecule has 0 bridgehead atoms. The summed E-state index contributed by atoms with van der Waals surface area (Å²) in [6, 6.07) is 5.91. The lowest BCUT2D eigenvalue weighted by molar-refractivity contribution is 0.138. The van der Waals surface area contributed by atoms with Crippen LogP contribution < -0.4 is 4.90 Å². The van der Waals surface area contributed by atoms with E-state index in [2.05, 4.69) is 30.7 Å². The third-order valence-electron chi connectivity index (χ3n) is 4.37. The van der Waals surface area contributed by atoms with Crippen LogP contribution in [0.3, 0.4) is 0 Å². The molecule has 2 aromatic heterocycles. The van der Waals surface area contributed by atoms with Crippen LogP contribution in [0, 0.1) is 0 Å². The first-order chi connectivity index (χ1) is 9.53. The van der Waals surface area contributed by atoms with Crippen LogP contribution in [0.1, 0.15) is 19.5 Å². The second-order valence-electron chi connectivity index (χ2n) is 6.12. The van der Waals surface area contributed by atoms with Gasteiger partial charge in [0.2, 0.25) is 0 Å². The molecule has 3 heterocycles. The minimum Gasteiger partial charge on any atom is -0.390 e. The summed E-state index contributed by atoms with van der Waals surface area (Å²) < 4.78 is 1.97. The normalized spacial score (nSPS) is 19.7. The molecule has 0 aromatic carbocycles. The Hall–Kier alpha value is -1.59. The van der Waals surface area contributed by atoms with Gasteiger partial charge in [-0.3, -0.25) is 9.30 Å². The van der Waals surface area contributed by atoms with E-state index < -0.39 is 0 Å². The van der Waals surface area contributed by atoms with E-state index in [4.69, 9.17) is 4.98 Å². The number of nitrogens with zero attached hydrogens (tertiary/aromatic N) is 4. The highest BCUT2D eigenvalue weighted by molar-refractivity contribution is 5.56. The molecule has 0 spiro atoms. The van der Waals surface area contributed by atoms with E-state index in [0.29, 0.717) is 0 Å². The van der Waals surface area contributed by atoms with Crippen molar-refractivity contribution in [1.29, 1.82) is 0 Å². The topological polar surface area (TPSA) is 44.0 Å². The lowest BCUT2D eigenvalue weighted by atomic mass is 10.00. The van der Waals surface area contributed by atoms with Gasteiger partial charge in [0.15, 0.2) is 5.82 Å². The molecule has 0 atom stereocenters. The van der Waals surface area contributed by atoms with Gasteiger partial charge in [-0.2, -0.15) is 0 Å². The molecule has 20 heavy (non-hydrogen) atoms. The Kier molecular flexibility index (Phi) is 3.18. The van der Waals surface area contributed by atoms with Gasteiger partial charge in [0.05, 0.1) is 12.3 Å². The minimum atomic E-state index is 0.00722. The zero-order valence-corrected chi connectivity index (χ0v) is 12.4. The van der Waals surface area contributed by atoms with Crippen LogP contribution in [0.5, 0.6) is 0 Å². The van der Waals surface area contributed by atoms with Crippen molar-refractivity contribution < 1.29 is 5.11 Å². The van der Waals surface area contributed by atoms with Crippen molar-refractivity contribution in [3.05, 3.63) is 30.1 Å². The third-order valence-corrected chi connectivity index (χ3v) is 4.37. The van der Waals surface area contributed by atoms with E-state index in [1.165, 1.54) is 0 Å². The fraction of sp³-hybridized carbons (Fsp3) is 0.533. The van der Waals surface area contributed by atoms with Gasteiger partial charge in [0.25, 0.3) is 0 Å². The van der Waals surface area contributed by atoms with Gasteiger partial charge in [-0.25, -0.2) is 4.98 Å². The third kappa shape index (κ3) is 2.07. The first-order valence-electron chi connectivity index (χ1n) is 7.06. The summed E-state index contributed by atoms with van der Waals surface area (Å²) in [6.07, 6.45) is 1.96. The first-order valence-corrected chi connectivity index (χ1v) is 7.06. The van der Waals surface area contributed by atoms with Gasteiger partial charge in [0, 0.05) is 31.4 Å². The molecule has 0 aliphatic carbocycles. The number of pyridine rings is 1. The van der Waals surface area contributed by atoms with Crippen LogP contribution in [0.15, 0.2) is 24.4 Å². The van der Waals surface area contributed by atoms with Gasteiger partial charge in [-0.05, 0) is 33.0 Å². The van der Waals surface area contributed by atoms with E-state index in [1.54, 1.807) is 0 Å². The van der Waals surface area contributed by atoms with Crippen LogP contribution in [-0.4, -0.2) is 51.6 Å². The number of fused-ring (bicyclic) bond motifs is 1. The molecule has 5 heteroatoms. The molecular weight excluding hydrogens is 252 g/mol. The van der Waals surface area contributed by atoms with Crippen molar-refractivity contribution in [2.45, 2.75) is 26.0 Å². The highest BCUT2D eigenvalue weighted by atomic mass is 16.3. The van der Waals surface area contributed by atoms with Crippen LogP contribution in [-0.2, 0) is 6.61 Å². The SMILES string of the molecule is CN1CCN(c2nc3ccccn3c2CO)CC1(C)C.